The number of ether oxygens (including phenoxy) is 2. The van der Waals surface area contributed by atoms with Gasteiger partial charge in [-0.3, -0.25) is 4.79 Å². The molecule has 0 heterocycles. The van der Waals surface area contributed by atoms with E-state index in [2.05, 4.69) is 23.9 Å². The predicted octanol–water partition coefficient (Wildman–Crippen LogP) is 5.74. The van der Waals surface area contributed by atoms with Gasteiger partial charge in [0.25, 0.3) is 0 Å². The fourth-order valence-electron chi connectivity index (χ4n) is 6.47. The third-order valence-corrected chi connectivity index (χ3v) is 9.04. The standard InChI is InChI=1S/C33H42N2O5/c1-34(25-9-5-3-6-10-25)17-19-39-32(37)23-13-15-27-28-16-14-24(22-30(28)31(36)29(27)21-23)33(38)40-20-18-35(2)26-11-7-4-8-12-26/h13-16,21-22,25-26H,3-12,17-20H2,1-2H3. The number of nitrogens with zero attached hydrogens (tertiary/aromatic N) is 2. The molecular weight excluding hydrogens is 504 g/mol. The number of rotatable bonds is 10. The van der Waals surface area contributed by atoms with Gasteiger partial charge in [0.1, 0.15) is 13.2 Å². The lowest BCUT2D eigenvalue weighted by molar-refractivity contribution is 0.0434. The molecule has 5 rings (SSSR count). The van der Waals surface area contributed by atoms with Gasteiger partial charge in [-0.1, -0.05) is 50.7 Å². The number of hydrogen-bond acceptors (Lipinski definition) is 7. The molecule has 0 amide bonds. The predicted molar refractivity (Wildman–Crippen MR) is 155 cm³/mol. The molecular formula is C33H42N2O5. The summed E-state index contributed by atoms with van der Waals surface area (Å²) in [7, 11) is 4.18. The van der Waals surface area contributed by atoms with Gasteiger partial charge in [-0.05, 0) is 75.2 Å². The summed E-state index contributed by atoms with van der Waals surface area (Å²) < 4.78 is 11.1. The van der Waals surface area contributed by atoms with Crippen LogP contribution in [0, 0.1) is 0 Å². The first-order valence-electron chi connectivity index (χ1n) is 15.0. The Kier molecular flexibility index (Phi) is 9.33. The van der Waals surface area contributed by atoms with Gasteiger partial charge in [0.15, 0.2) is 5.78 Å². The lowest BCUT2D eigenvalue weighted by Crippen LogP contribution is -2.36. The number of esters is 2. The van der Waals surface area contributed by atoms with E-state index < -0.39 is 11.9 Å². The summed E-state index contributed by atoms with van der Waals surface area (Å²) in [5.41, 5.74) is 3.18. The van der Waals surface area contributed by atoms with Crippen LogP contribution in [0.5, 0.6) is 0 Å². The van der Waals surface area contributed by atoms with E-state index in [9.17, 15) is 14.4 Å². The number of likely N-dealkylation sites (N-methyl/N-ethyl adjacent to an activating group) is 2. The number of benzene rings is 2. The number of fused-ring (bicyclic) bond motifs is 3. The number of carbonyl (C=O) groups is 3. The Labute approximate surface area is 237 Å². The van der Waals surface area contributed by atoms with Gasteiger partial charge in [0.05, 0.1) is 11.1 Å². The zero-order chi connectivity index (χ0) is 28.1. The molecule has 0 N–H and O–H groups in total. The van der Waals surface area contributed by atoms with Crippen molar-refractivity contribution >= 4 is 17.7 Å². The van der Waals surface area contributed by atoms with Crippen molar-refractivity contribution in [1.29, 1.82) is 0 Å². The summed E-state index contributed by atoms with van der Waals surface area (Å²) in [5, 5.41) is 0. The minimum atomic E-state index is -0.425. The third kappa shape index (κ3) is 6.47. The largest absolute Gasteiger partial charge is 0.461 e. The summed E-state index contributed by atoms with van der Waals surface area (Å²) >= 11 is 0. The Hall–Kier alpha value is -3.03. The van der Waals surface area contributed by atoms with Crippen molar-refractivity contribution in [3.05, 3.63) is 58.7 Å². The number of carbonyl (C=O) groups excluding carboxylic acids is 3. The van der Waals surface area contributed by atoms with Gasteiger partial charge in [0, 0.05) is 36.3 Å². The van der Waals surface area contributed by atoms with Crippen molar-refractivity contribution in [2.45, 2.75) is 76.3 Å². The van der Waals surface area contributed by atoms with Crippen molar-refractivity contribution in [3.63, 3.8) is 0 Å². The highest BCUT2D eigenvalue weighted by Crippen LogP contribution is 2.37. The van der Waals surface area contributed by atoms with Gasteiger partial charge in [-0.25, -0.2) is 9.59 Å². The van der Waals surface area contributed by atoms with Gasteiger partial charge >= 0.3 is 11.9 Å². The second kappa shape index (κ2) is 13.1. The Balaban J connectivity index is 1.15. The maximum absolute atomic E-state index is 13.3. The van der Waals surface area contributed by atoms with Crippen LogP contribution >= 0.6 is 0 Å². The molecule has 7 nitrogen and oxygen atoms in total. The molecule has 0 radical (unpaired) electrons. The van der Waals surface area contributed by atoms with Gasteiger partial charge < -0.3 is 19.3 Å². The van der Waals surface area contributed by atoms with Crippen LogP contribution < -0.4 is 0 Å². The first kappa shape index (κ1) is 28.5. The number of hydrogen-bond donors (Lipinski definition) is 0. The minimum absolute atomic E-state index is 0.191. The molecule has 2 fully saturated rings. The van der Waals surface area contributed by atoms with E-state index in [1.165, 1.54) is 64.2 Å². The van der Waals surface area contributed by atoms with Crippen molar-refractivity contribution in [3.8, 4) is 11.1 Å². The van der Waals surface area contributed by atoms with E-state index in [0.29, 0.717) is 60.6 Å². The average molecular weight is 547 g/mol. The second-order valence-electron chi connectivity index (χ2n) is 11.7. The van der Waals surface area contributed by atoms with Crippen LogP contribution in [0.1, 0.15) is 101 Å². The van der Waals surface area contributed by atoms with E-state index in [-0.39, 0.29) is 5.78 Å². The highest BCUT2D eigenvalue weighted by atomic mass is 16.5. The summed E-state index contributed by atoms with van der Waals surface area (Å²) in [6.07, 6.45) is 12.5. The highest BCUT2D eigenvalue weighted by molar-refractivity contribution is 6.22. The SMILES string of the molecule is CN(CCOC(=O)c1ccc2c(c1)C(=O)c1cc(C(=O)OCCN(C)C3CCCCC3)ccc1-2)C1CCCCC1. The summed E-state index contributed by atoms with van der Waals surface area (Å²) in [5.74, 6) is -1.04. The Morgan fingerprint density at radius 1 is 0.650 bits per heavy atom. The van der Waals surface area contributed by atoms with Crippen molar-refractivity contribution in [2.24, 2.45) is 0 Å². The quantitative estimate of drug-likeness (QED) is 0.300. The maximum Gasteiger partial charge on any atom is 0.338 e. The van der Waals surface area contributed by atoms with Crippen molar-refractivity contribution in [1.82, 2.24) is 9.80 Å². The van der Waals surface area contributed by atoms with E-state index >= 15 is 0 Å². The van der Waals surface area contributed by atoms with Crippen LogP contribution in [0.15, 0.2) is 36.4 Å². The number of ketones is 1. The second-order valence-corrected chi connectivity index (χ2v) is 11.7. The van der Waals surface area contributed by atoms with Gasteiger partial charge in [-0.2, -0.15) is 0 Å². The molecule has 0 aliphatic heterocycles. The fraction of sp³-hybridized carbons (Fsp3) is 0.545. The summed E-state index contributed by atoms with van der Waals surface area (Å²) in [4.78, 5) is 43.4. The normalized spacial score (nSPS) is 17.6. The Morgan fingerprint density at radius 3 is 1.45 bits per heavy atom. The Morgan fingerprint density at radius 2 is 1.05 bits per heavy atom. The summed E-state index contributed by atoms with van der Waals surface area (Å²) in [6, 6.07) is 11.4. The molecule has 3 aliphatic carbocycles. The molecule has 2 aromatic carbocycles. The molecule has 0 atom stereocenters. The van der Waals surface area contributed by atoms with E-state index in [4.69, 9.17) is 9.47 Å². The molecule has 2 saturated carbocycles. The highest BCUT2D eigenvalue weighted by Gasteiger charge is 2.29. The van der Waals surface area contributed by atoms with Crippen molar-refractivity contribution in [2.75, 3.05) is 40.4 Å². The topological polar surface area (TPSA) is 76.1 Å². The molecule has 0 saturated heterocycles. The van der Waals surface area contributed by atoms with Crippen LogP contribution in [0.3, 0.4) is 0 Å². The van der Waals surface area contributed by atoms with Gasteiger partial charge in [-0.15, -0.1) is 0 Å². The first-order chi connectivity index (χ1) is 19.4. The monoisotopic (exact) mass is 546 g/mol. The molecule has 3 aliphatic rings. The zero-order valence-corrected chi connectivity index (χ0v) is 24.0. The lowest BCUT2D eigenvalue weighted by atomic mass is 9.94. The fourth-order valence-corrected chi connectivity index (χ4v) is 6.47. The molecule has 2 aromatic rings. The molecule has 0 spiro atoms. The van der Waals surface area contributed by atoms with E-state index in [1.807, 2.05) is 0 Å². The molecule has 0 bridgehead atoms. The average Bonchev–Trinajstić information content (AvgIpc) is 3.28. The molecule has 7 heteroatoms. The molecule has 0 unspecified atom stereocenters. The smallest absolute Gasteiger partial charge is 0.338 e. The first-order valence-corrected chi connectivity index (χ1v) is 15.0. The van der Waals surface area contributed by atoms with Crippen LogP contribution in [0.4, 0.5) is 0 Å². The van der Waals surface area contributed by atoms with Crippen LogP contribution in [-0.2, 0) is 9.47 Å². The van der Waals surface area contributed by atoms with Crippen LogP contribution in [0.25, 0.3) is 11.1 Å². The molecule has 214 valence electrons. The summed E-state index contributed by atoms with van der Waals surface area (Å²) in [6.45, 7) is 2.03. The van der Waals surface area contributed by atoms with Crippen molar-refractivity contribution < 1.29 is 23.9 Å². The zero-order valence-electron chi connectivity index (χ0n) is 24.0. The minimum Gasteiger partial charge on any atom is -0.461 e. The Bertz CT molecular complexity index is 1140. The molecule has 40 heavy (non-hydrogen) atoms. The maximum atomic E-state index is 13.3. The van der Waals surface area contributed by atoms with E-state index in [0.717, 1.165) is 11.1 Å². The molecule has 0 aromatic heterocycles. The van der Waals surface area contributed by atoms with Crippen LogP contribution in [-0.4, -0.2) is 80.0 Å². The van der Waals surface area contributed by atoms with Crippen LogP contribution in [0.2, 0.25) is 0 Å². The lowest BCUT2D eigenvalue weighted by Gasteiger charge is -2.30. The third-order valence-electron chi connectivity index (χ3n) is 9.04. The van der Waals surface area contributed by atoms with E-state index in [1.54, 1.807) is 36.4 Å². The van der Waals surface area contributed by atoms with Gasteiger partial charge in [0.2, 0.25) is 0 Å².